The molecule has 4 rings (SSSR count). The summed E-state index contributed by atoms with van der Waals surface area (Å²) in [6.45, 7) is 1.91. The van der Waals surface area contributed by atoms with Gasteiger partial charge in [0.15, 0.2) is 11.9 Å². The van der Waals surface area contributed by atoms with Crippen LogP contribution >= 0.6 is 0 Å². The van der Waals surface area contributed by atoms with Crippen molar-refractivity contribution in [1.29, 1.82) is 0 Å². The zero-order valence-corrected chi connectivity index (χ0v) is 20.0. The van der Waals surface area contributed by atoms with Crippen molar-refractivity contribution in [3.05, 3.63) is 41.7 Å². The van der Waals surface area contributed by atoms with Crippen LogP contribution in [0.1, 0.15) is 5.69 Å². The van der Waals surface area contributed by atoms with Crippen molar-refractivity contribution in [2.75, 3.05) is 44.7 Å². The van der Waals surface area contributed by atoms with Gasteiger partial charge in [-0.2, -0.15) is 5.10 Å². The summed E-state index contributed by atoms with van der Waals surface area (Å²) in [5.74, 6) is 0.953. The number of amides is 1. The number of aromatic nitrogens is 3. The predicted octanol–water partition coefficient (Wildman–Crippen LogP) is 3.26. The minimum atomic E-state index is -1.37. The third-order valence-corrected chi connectivity index (χ3v) is 5.92. The molecule has 0 bridgehead atoms. The molecule has 0 aliphatic carbocycles. The number of hydrogen-bond acceptors (Lipinski definition) is 7. The molecule has 0 radical (unpaired) electrons. The van der Waals surface area contributed by atoms with Crippen LogP contribution in [0.15, 0.2) is 41.0 Å². The number of carbonyl (C=O) groups is 1. The molecule has 0 fully saturated rings. The maximum atomic E-state index is 15.1. The van der Waals surface area contributed by atoms with Crippen molar-refractivity contribution in [3.63, 3.8) is 0 Å². The number of methoxy groups -OCH3 is 2. The molecule has 0 saturated heterocycles. The first-order chi connectivity index (χ1) is 16.3. The number of aliphatic imine (C=N–C) groups is 1. The van der Waals surface area contributed by atoms with Crippen LogP contribution < -0.4 is 14.5 Å². The molecule has 1 amide bonds. The van der Waals surface area contributed by atoms with E-state index >= 15 is 4.39 Å². The molecule has 9 nitrogen and oxygen atoms in total. The Kier molecular flexibility index (Phi) is 6.23. The molecule has 0 N–H and O–H groups in total. The zero-order valence-electron chi connectivity index (χ0n) is 20.0. The first-order valence-corrected chi connectivity index (χ1v) is 10.7. The number of benzene rings is 1. The highest BCUT2D eigenvalue weighted by Crippen LogP contribution is 2.43. The molecule has 0 spiro atoms. The Morgan fingerprint density at radius 1 is 1.21 bits per heavy atom. The third kappa shape index (κ3) is 3.85. The van der Waals surface area contributed by atoms with E-state index < -0.39 is 6.17 Å². The van der Waals surface area contributed by atoms with Crippen molar-refractivity contribution in [2.45, 2.75) is 13.1 Å². The molecule has 2 aromatic heterocycles. The number of nitrogens with zero attached hydrogens (tertiary/aromatic N) is 6. The van der Waals surface area contributed by atoms with Gasteiger partial charge in [0.05, 0.1) is 61.5 Å². The quantitative estimate of drug-likeness (QED) is 0.497. The number of dihydropyridines is 1. The van der Waals surface area contributed by atoms with Crippen LogP contribution in [0.5, 0.6) is 5.75 Å². The van der Waals surface area contributed by atoms with E-state index in [-0.39, 0.29) is 6.54 Å². The maximum Gasteiger partial charge on any atom is 0.213 e. The van der Waals surface area contributed by atoms with Crippen molar-refractivity contribution in [1.82, 2.24) is 14.8 Å². The van der Waals surface area contributed by atoms with Gasteiger partial charge in [-0.05, 0) is 13.0 Å². The number of rotatable bonds is 7. The molecule has 1 aliphatic rings. The normalized spacial score (nSPS) is 15.6. The topological polar surface area (TPSA) is 85.1 Å². The fraction of sp³-hybridized carbons (Fsp3) is 0.333. The lowest BCUT2D eigenvalue weighted by atomic mass is 10.0. The molecular weight excluding hydrogens is 439 g/mol. The van der Waals surface area contributed by atoms with Crippen molar-refractivity contribution >= 4 is 34.9 Å². The number of alkyl halides is 1. The van der Waals surface area contributed by atoms with Gasteiger partial charge >= 0.3 is 0 Å². The molecule has 34 heavy (non-hydrogen) atoms. The van der Waals surface area contributed by atoms with Crippen LogP contribution in [-0.4, -0.2) is 68.4 Å². The molecule has 178 valence electrons. The SMILES string of the molecule is COC1=C(N(C)c2c(N(C)C=O)cnc3cc(OC)c(-c4cn(C)nc4C)cc23)C(F)CN=C1. The molecular formula is C24H27FN6O3. The highest BCUT2D eigenvalue weighted by molar-refractivity contribution is 6.04. The lowest BCUT2D eigenvalue weighted by Crippen LogP contribution is -2.32. The summed E-state index contributed by atoms with van der Waals surface area (Å²) in [5, 5.41) is 5.17. The summed E-state index contributed by atoms with van der Waals surface area (Å²) >= 11 is 0. The summed E-state index contributed by atoms with van der Waals surface area (Å²) in [4.78, 5) is 23.5. The minimum Gasteiger partial charge on any atom is -0.496 e. The molecule has 1 unspecified atom stereocenters. The number of ether oxygens (including phenoxy) is 2. The van der Waals surface area contributed by atoms with Crippen molar-refractivity contribution in [2.24, 2.45) is 12.0 Å². The zero-order chi connectivity index (χ0) is 24.6. The Hall–Kier alpha value is -3.95. The van der Waals surface area contributed by atoms with Gasteiger partial charge in [0.25, 0.3) is 0 Å². The number of pyridine rings is 1. The smallest absolute Gasteiger partial charge is 0.213 e. The second-order valence-electron chi connectivity index (χ2n) is 8.05. The third-order valence-electron chi connectivity index (χ3n) is 5.92. The molecule has 0 saturated carbocycles. The first-order valence-electron chi connectivity index (χ1n) is 10.7. The minimum absolute atomic E-state index is 0.0116. The molecule has 10 heteroatoms. The number of halogens is 1. The Balaban J connectivity index is 2.06. The second-order valence-corrected chi connectivity index (χ2v) is 8.05. The van der Waals surface area contributed by atoms with Gasteiger partial charge in [0.1, 0.15) is 5.75 Å². The van der Waals surface area contributed by atoms with Gasteiger partial charge in [-0.25, -0.2) is 4.39 Å². The number of aryl methyl sites for hydroxylation is 2. The summed E-state index contributed by atoms with van der Waals surface area (Å²) < 4.78 is 28.0. The highest BCUT2D eigenvalue weighted by Gasteiger charge is 2.29. The number of fused-ring (bicyclic) bond motifs is 1. The van der Waals surface area contributed by atoms with Gasteiger partial charge in [-0.15, -0.1) is 0 Å². The van der Waals surface area contributed by atoms with Gasteiger partial charge < -0.3 is 19.3 Å². The molecule has 3 aromatic rings. The van der Waals surface area contributed by atoms with Crippen LogP contribution in [0.4, 0.5) is 15.8 Å². The first kappa shape index (κ1) is 23.2. The van der Waals surface area contributed by atoms with E-state index in [0.29, 0.717) is 45.9 Å². The van der Waals surface area contributed by atoms with Gasteiger partial charge in [0, 0.05) is 49.9 Å². The average molecular weight is 467 g/mol. The Morgan fingerprint density at radius 3 is 2.59 bits per heavy atom. The van der Waals surface area contributed by atoms with Gasteiger partial charge in [-0.1, -0.05) is 0 Å². The number of carbonyl (C=O) groups excluding carboxylic acids is 1. The molecule has 1 atom stereocenters. The lowest BCUT2D eigenvalue weighted by Gasteiger charge is -2.31. The number of allylic oxidation sites excluding steroid dienone is 1. The number of hydrogen-bond donors (Lipinski definition) is 0. The largest absolute Gasteiger partial charge is 0.496 e. The van der Waals surface area contributed by atoms with E-state index in [2.05, 4.69) is 15.1 Å². The average Bonchev–Trinajstić information content (AvgIpc) is 3.18. The Bertz CT molecular complexity index is 1320. The van der Waals surface area contributed by atoms with Gasteiger partial charge in [-0.3, -0.25) is 19.5 Å². The van der Waals surface area contributed by atoms with E-state index in [1.165, 1.54) is 18.2 Å². The fourth-order valence-corrected chi connectivity index (χ4v) is 4.29. The maximum absolute atomic E-state index is 15.1. The summed E-state index contributed by atoms with van der Waals surface area (Å²) in [7, 11) is 8.31. The van der Waals surface area contributed by atoms with Crippen LogP contribution in [-0.2, 0) is 16.6 Å². The Morgan fingerprint density at radius 2 is 1.97 bits per heavy atom. The van der Waals surface area contributed by atoms with E-state index in [1.54, 1.807) is 37.0 Å². The Labute approximate surface area is 197 Å². The van der Waals surface area contributed by atoms with E-state index in [0.717, 1.165) is 16.8 Å². The van der Waals surface area contributed by atoms with Crippen molar-refractivity contribution in [3.8, 4) is 16.9 Å². The predicted molar refractivity (Wildman–Crippen MR) is 130 cm³/mol. The van der Waals surface area contributed by atoms with Crippen LogP contribution in [0.25, 0.3) is 22.0 Å². The van der Waals surface area contributed by atoms with E-state index in [9.17, 15) is 4.79 Å². The molecule has 3 heterocycles. The monoisotopic (exact) mass is 466 g/mol. The second kappa shape index (κ2) is 9.12. The standard InChI is InChI=1S/C24H27FN6O3/c1-14-17(12-30(3)28-14)15-7-16-19(8-21(15)33-5)27-10-20(29(2)13-32)23(16)31(4)24-18(25)9-26-11-22(24)34-6/h7-8,10-13,18H,9H2,1-6H3. The summed E-state index contributed by atoms with van der Waals surface area (Å²) in [6.07, 6.45) is 4.34. The highest BCUT2D eigenvalue weighted by atomic mass is 19.1. The van der Waals surface area contributed by atoms with Crippen LogP contribution in [0, 0.1) is 6.92 Å². The van der Waals surface area contributed by atoms with E-state index in [4.69, 9.17) is 9.47 Å². The van der Waals surface area contributed by atoms with Crippen molar-refractivity contribution < 1.29 is 18.7 Å². The van der Waals surface area contributed by atoms with E-state index in [1.807, 2.05) is 32.3 Å². The number of anilines is 2. The molecule has 1 aromatic carbocycles. The van der Waals surface area contributed by atoms with Crippen LogP contribution in [0.2, 0.25) is 0 Å². The van der Waals surface area contributed by atoms with Crippen LogP contribution in [0.3, 0.4) is 0 Å². The molecule has 1 aliphatic heterocycles. The summed E-state index contributed by atoms with van der Waals surface area (Å²) in [5.41, 5.74) is 4.61. The lowest BCUT2D eigenvalue weighted by molar-refractivity contribution is -0.107. The fourth-order valence-electron chi connectivity index (χ4n) is 4.29. The summed E-state index contributed by atoms with van der Waals surface area (Å²) in [6, 6.07) is 3.77. The van der Waals surface area contributed by atoms with Gasteiger partial charge in [0.2, 0.25) is 6.41 Å².